The van der Waals surface area contributed by atoms with E-state index < -0.39 is 15.1 Å². The number of pyridine rings is 1. The molecule has 1 atom stereocenters. The summed E-state index contributed by atoms with van der Waals surface area (Å²) in [6, 6.07) is 10.7. The lowest BCUT2D eigenvalue weighted by atomic mass is 10.0. The third-order valence-electron chi connectivity index (χ3n) is 9.35. The van der Waals surface area contributed by atoms with Gasteiger partial charge in [-0.25, -0.2) is 13.4 Å². The van der Waals surface area contributed by atoms with Crippen LogP contribution in [0.4, 0.5) is 17.3 Å². The molecule has 5 heterocycles. The molecule has 7 rings (SSSR count). The predicted octanol–water partition coefficient (Wildman–Crippen LogP) is 4.26. The van der Waals surface area contributed by atoms with Gasteiger partial charge < -0.3 is 10.2 Å². The first-order valence-corrected chi connectivity index (χ1v) is 17.2. The molecule has 1 N–H and O–H groups in total. The lowest BCUT2D eigenvalue weighted by Gasteiger charge is -2.38. The molecule has 45 heavy (non-hydrogen) atoms. The van der Waals surface area contributed by atoms with Crippen molar-refractivity contribution in [3.63, 3.8) is 0 Å². The van der Waals surface area contributed by atoms with Crippen molar-refractivity contribution in [2.45, 2.75) is 62.3 Å². The van der Waals surface area contributed by atoms with E-state index in [9.17, 15) is 13.2 Å². The summed E-state index contributed by atoms with van der Waals surface area (Å²) in [5, 5.41) is 11.1. The highest BCUT2D eigenvalue weighted by Crippen LogP contribution is 2.40. The van der Waals surface area contributed by atoms with Crippen molar-refractivity contribution in [3.05, 3.63) is 77.0 Å². The fraction of sp³-hybridized carbons (Fsp3) is 0.424. The summed E-state index contributed by atoms with van der Waals surface area (Å²) >= 11 is 0. The molecule has 11 nitrogen and oxygen atoms in total. The Bertz CT molecular complexity index is 1940. The largest absolute Gasteiger partial charge is 0.369 e. The van der Waals surface area contributed by atoms with Gasteiger partial charge in [-0.2, -0.15) is 15.2 Å². The smallest absolute Gasteiger partial charge is 0.260 e. The van der Waals surface area contributed by atoms with Crippen LogP contribution in [-0.2, 0) is 16.4 Å². The van der Waals surface area contributed by atoms with Gasteiger partial charge in [-0.3, -0.25) is 14.3 Å². The summed E-state index contributed by atoms with van der Waals surface area (Å²) in [6.45, 7) is 11.8. The number of hydrogen-bond acceptors (Lipinski definition) is 10. The predicted molar refractivity (Wildman–Crippen MR) is 176 cm³/mol. The van der Waals surface area contributed by atoms with E-state index in [1.807, 2.05) is 12.1 Å². The number of aromatic nitrogens is 5. The molecule has 1 saturated carbocycles. The molecular weight excluding hydrogens is 588 g/mol. The van der Waals surface area contributed by atoms with E-state index in [0.29, 0.717) is 34.2 Å². The van der Waals surface area contributed by atoms with Crippen molar-refractivity contribution >= 4 is 43.8 Å². The molecule has 1 aromatic carbocycles. The van der Waals surface area contributed by atoms with Gasteiger partial charge in [0.15, 0.2) is 9.84 Å². The van der Waals surface area contributed by atoms with Gasteiger partial charge in [-0.1, -0.05) is 6.58 Å². The van der Waals surface area contributed by atoms with E-state index in [-0.39, 0.29) is 22.9 Å². The van der Waals surface area contributed by atoms with Crippen LogP contribution in [-0.4, -0.2) is 75.5 Å². The third kappa shape index (κ3) is 5.72. The zero-order valence-corrected chi connectivity index (χ0v) is 26.5. The van der Waals surface area contributed by atoms with Gasteiger partial charge in [0.05, 0.1) is 29.1 Å². The molecule has 3 fully saturated rings. The van der Waals surface area contributed by atoms with E-state index in [1.54, 1.807) is 26.1 Å². The Morgan fingerprint density at radius 2 is 1.82 bits per heavy atom. The average molecular weight is 627 g/mol. The second kappa shape index (κ2) is 11.6. The topological polar surface area (TPSA) is 126 Å². The highest BCUT2D eigenvalue weighted by atomic mass is 32.2. The number of hydrogen-bond donors (Lipinski definition) is 1. The van der Waals surface area contributed by atoms with Crippen LogP contribution in [0.3, 0.4) is 0 Å². The maximum absolute atomic E-state index is 14.0. The van der Waals surface area contributed by atoms with Crippen molar-refractivity contribution in [2.75, 3.05) is 36.4 Å². The summed E-state index contributed by atoms with van der Waals surface area (Å²) in [7, 11) is -3.68. The Kier molecular flexibility index (Phi) is 7.65. The minimum Gasteiger partial charge on any atom is -0.369 e. The van der Waals surface area contributed by atoms with Crippen LogP contribution in [0.15, 0.2) is 65.2 Å². The van der Waals surface area contributed by atoms with Crippen molar-refractivity contribution in [1.82, 2.24) is 29.6 Å². The molecule has 1 aliphatic carbocycles. The van der Waals surface area contributed by atoms with Gasteiger partial charge in [0, 0.05) is 59.8 Å². The van der Waals surface area contributed by atoms with Gasteiger partial charge >= 0.3 is 0 Å². The standard InChI is InChI=1S/C33H38N8O3S/c1-21(2)45(43,44)30-18-36-35-17-25(30)19-41-31-24(15-29(32(41)42)22(3)23-6-7-23)16-34-33(38-31)37-26-8-10-27(11-9-26)40-14-13-39-12-4-5-28(39)20-40/h8-11,15-18,21,23,28H,3-7,12-14,19-20H2,1-2H3,(H,34,37,38). The molecular formula is C33H38N8O3S. The second-order valence-corrected chi connectivity index (χ2v) is 15.1. The minimum absolute atomic E-state index is 0.0443. The average Bonchev–Trinajstić information content (AvgIpc) is 3.79. The number of allylic oxidation sites excluding steroid dienone is 1. The fourth-order valence-corrected chi connectivity index (χ4v) is 7.68. The van der Waals surface area contributed by atoms with Crippen LogP contribution in [0.5, 0.6) is 0 Å². The molecule has 2 aliphatic heterocycles. The monoisotopic (exact) mass is 626 g/mol. The van der Waals surface area contributed by atoms with Crippen LogP contribution in [0.2, 0.25) is 0 Å². The first-order chi connectivity index (χ1) is 21.7. The summed E-state index contributed by atoms with van der Waals surface area (Å²) < 4.78 is 27.9. The van der Waals surface area contributed by atoms with Crippen molar-refractivity contribution < 1.29 is 8.42 Å². The van der Waals surface area contributed by atoms with E-state index in [2.05, 4.69) is 49.0 Å². The van der Waals surface area contributed by atoms with Crippen LogP contribution < -0.4 is 15.8 Å². The van der Waals surface area contributed by atoms with Gasteiger partial charge in [0.25, 0.3) is 5.56 Å². The Hall–Kier alpha value is -4.16. The Morgan fingerprint density at radius 3 is 2.58 bits per heavy atom. The number of benzene rings is 1. The van der Waals surface area contributed by atoms with Gasteiger partial charge in [-0.05, 0) is 87.9 Å². The van der Waals surface area contributed by atoms with Crippen molar-refractivity contribution in [1.29, 1.82) is 0 Å². The van der Waals surface area contributed by atoms with Crippen molar-refractivity contribution in [2.24, 2.45) is 5.92 Å². The Morgan fingerprint density at radius 1 is 1.04 bits per heavy atom. The number of nitrogens with one attached hydrogen (secondary N) is 1. The lowest BCUT2D eigenvalue weighted by molar-refractivity contribution is 0.231. The number of nitrogens with zero attached hydrogens (tertiary/aromatic N) is 7. The first-order valence-electron chi connectivity index (χ1n) is 15.7. The molecule has 3 aromatic heterocycles. The third-order valence-corrected chi connectivity index (χ3v) is 11.6. The second-order valence-electron chi connectivity index (χ2n) is 12.6. The highest BCUT2D eigenvalue weighted by Gasteiger charge is 2.31. The first kappa shape index (κ1) is 29.5. The lowest BCUT2D eigenvalue weighted by Crippen LogP contribution is -2.50. The van der Waals surface area contributed by atoms with E-state index in [0.717, 1.165) is 43.7 Å². The highest BCUT2D eigenvalue weighted by molar-refractivity contribution is 7.92. The van der Waals surface area contributed by atoms with E-state index in [4.69, 9.17) is 4.98 Å². The summed E-state index contributed by atoms with van der Waals surface area (Å²) in [4.78, 5) is 28.5. The van der Waals surface area contributed by atoms with Crippen LogP contribution in [0, 0.1) is 5.92 Å². The summed E-state index contributed by atoms with van der Waals surface area (Å²) in [5.41, 5.74) is 3.80. The van der Waals surface area contributed by atoms with E-state index >= 15 is 0 Å². The maximum Gasteiger partial charge on any atom is 0.260 e. The maximum atomic E-state index is 14.0. The molecule has 3 aliphatic rings. The summed E-state index contributed by atoms with van der Waals surface area (Å²) in [6.07, 6.45) is 8.90. The zero-order chi connectivity index (χ0) is 31.3. The van der Waals surface area contributed by atoms with Crippen LogP contribution in [0.25, 0.3) is 16.6 Å². The molecule has 0 amide bonds. The van der Waals surface area contributed by atoms with Crippen molar-refractivity contribution in [3.8, 4) is 0 Å². The normalized spacial score (nSPS) is 18.8. The van der Waals surface area contributed by atoms with Gasteiger partial charge in [0.1, 0.15) is 5.65 Å². The molecule has 12 heteroatoms. The molecule has 234 valence electrons. The number of sulfone groups is 1. The Balaban J connectivity index is 1.22. The molecule has 0 radical (unpaired) electrons. The molecule has 1 unspecified atom stereocenters. The number of anilines is 3. The molecule has 4 aromatic rings. The minimum atomic E-state index is -3.68. The number of rotatable bonds is 9. The Labute approximate surface area is 262 Å². The quantitative estimate of drug-likeness (QED) is 0.288. The van der Waals surface area contributed by atoms with Gasteiger partial charge in [0.2, 0.25) is 5.95 Å². The molecule has 0 bridgehead atoms. The molecule has 0 spiro atoms. The summed E-state index contributed by atoms with van der Waals surface area (Å²) in [5.74, 6) is 0.606. The fourth-order valence-electron chi connectivity index (χ4n) is 6.49. The molecule has 2 saturated heterocycles. The van der Waals surface area contributed by atoms with E-state index in [1.165, 1.54) is 42.0 Å². The number of fused-ring (bicyclic) bond motifs is 2. The van der Waals surface area contributed by atoms with Crippen LogP contribution >= 0.6 is 0 Å². The number of piperazine rings is 1. The SMILES string of the molecule is C=C(c1cc2cnc(Nc3ccc(N4CCN5CCCC5C4)cc3)nc2n(Cc2cnncc2S(=O)(=O)C(C)C)c1=O)C1CC1. The van der Waals surface area contributed by atoms with Crippen LogP contribution in [0.1, 0.15) is 50.7 Å². The zero-order valence-electron chi connectivity index (χ0n) is 25.7. The van der Waals surface area contributed by atoms with Gasteiger partial charge in [-0.15, -0.1) is 0 Å².